The highest BCUT2D eigenvalue weighted by atomic mass is 19.3. The zero-order valence-corrected chi connectivity index (χ0v) is 10.7. The van der Waals surface area contributed by atoms with E-state index < -0.39 is 18.6 Å². The van der Waals surface area contributed by atoms with Gasteiger partial charge in [-0.05, 0) is 19.9 Å². The standard InChI is InChI=1S/C13H15F2NO3/c1-8(17)7-12(18)16-9(2)10-5-3-4-6-11(10)19-13(14)15/h3-6,9,13H,7H2,1-2H3,(H,16,18). The van der Waals surface area contributed by atoms with Crippen LogP contribution in [0.25, 0.3) is 0 Å². The Morgan fingerprint density at radius 1 is 1.32 bits per heavy atom. The third-order valence-electron chi connectivity index (χ3n) is 2.39. The Morgan fingerprint density at radius 3 is 2.53 bits per heavy atom. The first-order chi connectivity index (χ1) is 8.90. The Balaban J connectivity index is 2.78. The summed E-state index contributed by atoms with van der Waals surface area (Å²) in [4.78, 5) is 22.2. The van der Waals surface area contributed by atoms with Crippen LogP contribution in [0.15, 0.2) is 24.3 Å². The van der Waals surface area contributed by atoms with E-state index in [0.29, 0.717) is 5.56 Å². The van der Waals surface area contributed by atoms with Crippen LogP contribution in [-0.2, 0) is 9.59 Å². The molecular formula is C13H15F2NO3. The fourth-order valence-corrected chi connectivity index (χ4v) is 1.64. The second kappa shape index (κ2) is 6.82. The highest BCUT2D eigenvalue weighted by molar-refractivity contribution is 5.96. The molecule has 6 heteroatoms. The third kappa shape index (κ3) is 5.03. The lowest BCUT2D eigenvalue weighted by Crippen LogP contribution is -2.28. The molecule has 0 saturated heterocycles. The molecule has 0 aliphatic carbocycles. The number of hydrogen-bond donors (Lipinski definition) is 1. The number of hydrogen-bond acceptors (Lipinski definition) is 3. The van der Waals surface area contributed by atoms with Crippen LogP contribution < -0.4 is 10.1 Å². The van der Waals surface area contributed by atoms with Gasteiger partial charge in [0.1, 0.15) is 11.5 Å². The van der Waals surface area contributed by atoms with Crippen molar-refractivity contribution in [1.29, 1.82) is 0 Å². The molecule has 1 N–H and O–H groups in total. The number of carbonyl (C=O) groups is 2. The van der Waals surface area contributed by atoms with Crippen molar-refractivity contribution >= 4 is 11.7 Å². The van der Waals surface area contributed by atoms with E-state index in [1.54, 1.807) is 25.1 Å². The molecule has 0 heterocycles. The summed E-state index contributed by atoms with van der Waals surface area (Å²) in [5.41, 5.74) is 0.430. The quantitative estimate of drug-likeness (QED) is 0.808. The number of ketones is 1. The zero-order chi connectivity index (χ0) is 14.4. The van der Waals surface area contributed by atoms with E-state index in [9.17, 15) is 18.4 Å². The van der Waals surface area contributed by atoms with Crippen LogP contribution in [0.2, 0.25) is 0 Å². The van der Waals surface area contributed by atoms with Gasteiger partial charge < -0.3 is 10.1 Å². The summed E-state index contributed by atoms with van der Waals surface area (Å²) in [5, 5.41) is 2.56. The van der Waals surface area contributed by atoms with Crippen molar-refractivity contribution in [3.8, 4) is 5.75 Å². The van der Waals surface area contributed by atoms with Crippen LogP contribution in [0.3, 0.4) is 0 Å². The predicted molar refractivity (Wildman–Crippen MR) is 64.9 cm³/mol. The minimum atomic E-state index is -2.93. The molecule has 4 nitrogen and oxygen atoms in total. The molecule has 0 aromatic heterocycles. The van der Waals surface area contributed by atoms with Gasteiger partial charge in [0.2, 0.25) is 5.91 Å². The number of alkyl halides is 2. The Kier molecular flexibility index (Phi) is 5.41. The van der Waals surface area contributed by atoms with Crippen molar-refractivity contribution < 1.29 is 23.1 Å². The molecule has 0 fully saturated rings. The summed E-state index contributed by atoms with van der Waals surface area (Å²) in [7, 11) is 0. The smallest absolute Gasteiger partial charge is 0.387 e. The molecule has 0 aliphatic heterocycles. The number of amides is 1. The maximum Gasteiger partial charge on any atom is 0.387 e. The number of para-hydroxylation sites is 1. The van der Waals surface area contributed by atoms with Gasteiger partial charge in [0.05, 0.1) is 12.5 Å². The Morgan fingerprint density at radius 2 is 1.95 bits per heavy atom. The highest BCUT2D eigenvalue weighted by Gasteiger charge is 2.16. The zero-order valence-electron chi connectivity index (χ0n) is 10.7. The number of rotatable bonds is 6. The minimum absolute atomic E-state index is 0.00752. The summed E-state index contributed by atoms with van der Waals surface area (Å²) < 4.78 is 28.9. The lowest BCUT2D eigenvalue weighted by atomic mass is 10.1. The molecule has 0 spiro atoms. The van der Waals surface area contributed by atoms with Gasteiger partial charge in [-0.3, -0.25) is 9.59 Å². The van der Waals surface area contributed by atoms with Crippen LogP contribution in [0, 0.1) is 0 Å². The molecule has 1 aromatic carbocycles. The van der Waals surface area contributed by atoms with Crippen LogP contribution in [0.4, 0.5) is 8.78 Å². The topological polar surface area (TPSA) is 55.4 Å². The maximum atomic E-state index is 12.2. The second-order valence-corrected chi connectivity index (χ2v) is 4.08. The Bertz CT molecular complexity index is 463. The maximum absolute atomic E-state index is 12.2. The summed E-state index contributed by atoms with van der Waals surface area (Å²) in [5.74, 6) is -0.707. The third-order valence-corrected chi connectivity index (χ3v) is 2.39. The molecule has 19 heavy (non-hydrogen) atoms. The van der Waals surface area contributed by atoms with Crippen molar-refractivity contribution in [3.05, 3.63) is 29.8 Å². The van der Waals surface area contributed by atoms with Crippen LogP contribution >= 0.6 is 0 Å². The molecule has 0 bridgehead atoms. The molecule has 1 atom stereocenters. The van der Waals surface area contributed by atoms with E-state index in [1.165, 1.54) is 13.0 Å². The fourth-order valence-electron chi connectivity index (χ4n) is 1.64. The van der Waals surface area contributed by atoms with Gasteiger partial charge in [0.25, 0.3) is 0 Å². The van der Waals surface area contributed by atoms with Crippen molar-refractivity contribution in [2.45, 2.75) is 32.9 Å². The lowest BCUT2D eigenvalue weighted by molar-refractivity contribution is -0.127. The normalized spacial score (nSPS) is 12.1. The minimum Gasteiger partial charge on any atom is -0.434 e. The summed E-state index contributed by atoms with van der Waals surface area (Å²) in [6.45, 7) is 0.00495. The summed E-state index contributed by atoms with van der Waals surface area (Å²) in [6.07, 6.45) is -0.234. The second-order valence-electron chi connectivity index (χ2n) is 4.08. The molecule has 1 amide bonds. The fraction of sp³-hybridized carbons (Fsp3) is 0.385. The van der Waals surface area contributed by atoms with Crippen LogP contribution in [-0.4, -0.2) is 18.3 Å². The number of ether oxygens (including phenoxy) is 1. The van der Waals surface area contributed by atoms with Crippen molar-refractivity contribution in [1.82, 2.24) is 5.32 Å². The van der Waals surface area contributed by atoms with Gasteiger partial charge in [0, 0.05) is 5.56 Å². The molecule has 104 valence electrons. The summed E-state index contributed by atoms with van der Waals surface area (Å²) >= 11 is 0. The van der Waals surface area contributed by atoms with E-state index in [4.69, 9.17) is 0 Å². The number of carbonyl (C=O) groups excluding carboxylic acids is 2. The first-order valence-electron chi connectivity index (χ1n) is 5.72. The molecule has 1 rings (SSSR count). The largest absolute Gasteiger partial charge is 0.434 e. The monoisotopic (exact) mass is 271 g/mol. The van der Waals surface area contributed by atoms with Gasteiger partial charge in [-0.1, -0.05) is 18.2 Å². The first kappa shape index (κ1) is 15.1. The summed E-state index contributed by atoms with van der Waals surface area (Å²) in [6, 6.07) is 5.67. The average Bonchev–Trinajstić information content (AvgIpc) is 2.27. The Hall–Kier alpha value is -1.98. The van der Waals surface area contributed by atoms with Gasteiger partial charge in [-0.2, -0.15) is 8.78 Å². The predicted octanol–water partition coefficient (Wildman–Crippen LogP) is 2.44. The van der Waals surface area contributed by atoms with Crippen LogP contribution in [0.1, 0.15) is 31.9 Å². The lowest BCUT2D eigenvalue weighted by Gasteiger charge is -2.17. The van der Waals surface area contributed by atoms with E-state index in [2.05, 4.69) is 10.1 Å². The molecule has 0 saturated carbocycles. The number of halogens is 2. The van der Waals surface area contributed by atoms with Crippen LogP contribution in [0.5, 0.6) is 5.75 Å². The van der Waals surface area contributed by atoms with E-state index >= 15 is 0 Å². The molecule has 0 aliphatic rings. The van der Waals surface area contributed by atoms with E-state index in [-0.39, 0.29) is 18.0 Å². The molecule has 0 radical (unpaired) electrons. The molecular weight excluding hydrogens is 256 g/mol. The molecule has 1 aromatic rings. The highest BCUT2D eigenvalue weighted by Crippen LogP contribution is 2.26. The Labute approximate surface area is 109 Å². The van der Waals surface area contributed by atoms with E-state index in [1.807, 2.05) is 0 Å². The van der Waals surface area contributed by atoms with Crippen molar-refractivity contribution in [3.63, 3.8) is 0 Å². The first-order valence-corrected chi connectivity index (χ1v) is 5.72. The SMILES string of the molecule is CC(=O)CC(=O)NC(C)c1ccccc1OC(F)F. The number of nitrogens with one attached hydrogen (secondary N) is 1. The molecule has 1 unspecified atom stereocenters. The average molecular weight is 271 g/mol. The van der Waals surface area contributed by atoms with Gasteiger partial charge >= 0.3 is 6.61 Å². The number of Topliss-reactive ketones (excluding diaryl/α,β-unsaturated/α-hetero) is 1. The van der Waals surface area contributed by atoms with Gasteiger partial charge in [0.15, 0.2) is 0 Å². The van der Waals surface area contributed by atoms with Gasteiger partial charge in [-0.25, -0.2) is 0 Å². The van der Waals surface area contributed by atoms with Crippen molar-refractivity contribution in [2.24, 2.45) is 0 Å². The van der Waals surface area contributed by atoms with Gasteiger partial charge in [-0.15, -0.1) is 0 Å². The van der Waals surface area contributed by atoms with E-state index in [0.717, 1.165) is 0 Å². The van der Waals surface area contributed by atoms with Crippen molar-refractivity contribution in [2.75, 3.05) is 0 Å². The number of benzene rings is 1.